The Morgan fingerprint density at radius 3 is 2.48 bits per heavy atom. The minimum atomic E-state index is -3.20. The van der Waals surface area contributed by atoms with Gasteiger partial charge in [-0.05, 0) is 71.8 Å². The molecule has 0 bridgehead atoms. The normalized spacial score (nSPS) is 22.2. The molecule has 1 saturated carbocycles. The minimum Gasteiger partial charge on any atom is -0.444 e. The fourth-order valence-corrected chi connectivity index (χ4v) is 8.98. The number of aromatic nitrogens is 3. The number of carbonyl (C=O) groups excluding carboxylic acids is 1. The highest BCUT2D eigenvalue weighted by Crippen LogP contribution is 2.43. The number of nitrogens with one attached hydrogen (secondary N) is 1. The van der Waals surface area contributed by atoms with Crippen LogP contribution in [0.3, 0.4) is 0 Å². The van der Waals surface area contributed by atoms with Crippen molar-refractivity contribution < 1.29 is 17.9 Å². The highest BCUT2D eigenvalue weighted by molar-refractivity contribution is 7.89. The van der Waals surface area contributed by atoms with Gasteiger partial charge in [0.05, 0.1) is 5.75 Å². The molecule has 42 heavy (non-hydrogen) atoms. The second-order valence-electron chi connectivity index (χ2n) is 14.0. The molecule has 6 rings (SSSR count). The molecule has 1 spiro atoms. The molecule has 0 atom stereocenters. The molecule has 12 heteroatoms. The van der Waals surface area contributed by atoms with E-state index in [9.17, 15) is 13.2 Å². The Bertz CT molecular complexity index is 1420. The van der Waals surface area contributed by atoms with Gasteiger partial charge in [-0.3, -0.25) is 0 Å². The number of pyridine rings is 1. The third kappa shape index (κ3) is 6.29. The summed E-state index contributed by atoms with van der Waals surface area (Å²) in [7, 11) is -3.20. The van der Waals surface area contributed by atoms with Crippen molar-refractivity contribution in [2.24, 2.45) is 11.3 Å². The highest BCUT2D eigenvalue weighted by Gasteiger charge is 2.50. The maximum atomic E-state index is 13.0. The first kappa shape index (κ1) is 29.3. The molecule has 0 aromatic carbocycles. The first-order chi connectivity index (χ1) is 19.9. The number of hydrogen-bond acceptors (Lipinski definition) is 9. The largest absolute Gasteiger partial charge is 0.444 e. The topological polar surface area (TPSA) is 121 Å². The Balaban J connectivity index is 1.09. The van der Waals surface area contributed by atoms with E-state index < -0.39 is 15.6 Å². The summed E-state index contributed by atoms with van der Waals surface area (Å²) in [4.78, 5) is 31.1. The number of aryl methyl sites for hydroxylation is 1. The van der Waals surface area contributed by atoms with E-state index in [0.29, 0.717) is 43.8 Å². The molecule has 2 aromatic heterocycles. The smallest absolute Gasteiger partial charge is 0.410 e. The van der Waals surface area contributed by atoms with E-state index in [4.69, 9.17) is 14.7 Å². The second-order valence-corrected chi connectivity index (χ2v) is 16.0. The van der Waals surface area contributed by atoms with Crippen LogP contribution in [-0.4, -0.2) is 95.3 Å². The quantitative estimate of drug-likeness (QED) is 0.521. The zero-order chi connectivity index (χ0) is 29.7. The average Bonchev–Trinajstić information content (AvgIpc) is 3.57. The van der Waals surface area contributed by atoms with Crippen molar-refractivity contribution in [3.05, 3.63) is 18.0 Å². The predicted octanol–water partition coefficient (Wildman–Crippen LogP) is 4.18. The molecular formula is C30H45N7O4S. The molecule has 5 heterocycles. The Kier molecular flexibility index (Phi) is 7.74. The number of carbonyl (C=O) groups is 1. The first-order valence-electron chi connectivity index (χ1n) is 15.5. The van der Waals surface area contributed by atoms with Crippen LogP contribution < -0.4 is 10.2 Å². The molecule has 3 saturated heterocycles. The van der Waals surface area contributed by atoms with Crippen LogP contribution in [0.2, 0.25) is 0 Å². The van der Waals surface area contributed by atoms with Crippen LogP contribution >= 0.6 is 0 Å². The van der Waals surface area contributed by atoms with Gasteiger partial charge >= 0.3 is 6.09 Å². The van der Waals surface area contributed by atoms with Crippen molar-refractivity contribution in [3.8, 4) is 0 Å². The van der Waals surface area contributed by atoms with E-state index in [1.807, 2.05) is 44.9 Å². The lowest BCUT2D eigenvalue weighted by atomic mass is 9.79. The predicted molar refractivity (Wildman–Crippen MR) is 163 cm³/mol. The number of ether oxygens (including phenoxy) is 1. The van der Waals surface area contributed by atoms with Crippen LogP contribution in [0.5, 0.6) is 0 Å². The summed E-state index contributed by atoms with van der Waals surface area (Å²) in [6, 6.07) is 2.12. The van der Waals surface area contributed by atoms with Crippen molar-refractivity contribution in [2.45, 2.75) is 84.3 Å². The van der Waals surface area contributed by atoms with Gasteiger partial charge in [-0.1, -0.05) is 12.8 Å². The Hall–Kier alpha value is -2.73. The van der Waals surface area contributed by atoms with Crippen molar-refractivity contribution >= 4 is 38.8 Å². The van der Waals surface area contributed by atoms with Gasteiger partial charge in [0, 0.05) is 68.0 Å². The molecule has 4 fully saturated rings. The van der Waals surface area contributed by atoms with Crippen molar-refractivity contribution in [1.82, 2.24) is 24.2 Å². The number of anilines is 2. The number of hydrogen-bond donors (Lipinski definition) is 1. The van der Waals surface area contributed by atoms with E-state index >= 15 is 0 Å². The lowest BCUT2D eigenvalue weighted by Gasteiger charge is -2.48. The number of amides is 1. The Labute approximate surface area is 249 Å². The molecule has 0 radical (unpaired) electrons. The lowest BCUT2D eigenvalue weighted by Crippen LogP contribution is -2.58. The second kappa shape index (κ2) is 11.1. The van der Waals surface area contributed by atoms with E-state index in [1.54, 1.807) is 4.31 Å². The van der Waals surface area contributed by atoms with Crippen LogP contribution in [0.25, 0.3) is 10.9 Å². The fraction of sp³-hybridized carbons (Fsp3) is 0.733. The van der Waals surface area contributed by atoms with Gasteiger partial charge in [0.25, 0.3) is 0 Å². The van der Waals surface area contributed by atoms with E-state index in [-0.39, 0.29) is 17.6 Å². The summed E-state index contributed by atoms with van der Waals surface area (Å²) in [6.45, 7) is 11.8. The number of rotatable bonds is 6. The number of nitrogens with zero attached hydrogens (tertiary/aromatic N) is 6. The van der Waals surface area contributed by atoms with Gasteiger partial charge in [0.15, 0.2) is 5.82 Å². The third-order valence-electron chi connectivity index (χ3n) is 9.22. The molecule has 2 aromatic rings. The van der Waals surface area contributed by atoms with Crippen molar-refractivity contribution in [3.63, 3.8) is 0 Å². The van der Waals surface area contributed by atoms with E-state index in [2.05, 4.69) is 15.2 Å². The standard InChI is InChI=1S/C30H45N7O4S/c1-21-15-23-16-31-27(33-24-9-12-37(13-10-24)42(39,40)17-22-7-5-6-8-22)34-25(23)26(32-21)36-19-30(20-36)11-14-35(18-30)28(38)41-29(2,3)4/h15-16,22,24H,5-14,17-20H2,1-4H3,(H,31,33,34). The van der Waals surface area contributed by atoms with Gasteiger partial charge in [-0.2, -0.15) is 0 Å². The minimum absolute atomic E-state index is 0.0504. The maximum absolute atomic E-state index is 13.0. The molecular weight excluding hydrogens is 554 g/mol. The summed E-state index contributed by atoms with van der Waals surface area (Å²) in [6.07, 6.45) is 8.40. The summed E-state index contributed by atoms with van der Waals surface area (Å²) >= 11 is 0. The zero-order valence-corrected chi connectivity index (χ0v) is 26.2. The summed E-state index contributed by atoms with van der Waals surface area (Å²) in [5.41, 5.74) is 1.27. The van der Waals surface area contributed by atoms with Gasteiger partial charge in [-0.25, -0.2) is 32.5 Å². The zero-order valence-electron chi connectivity index (χ0n) is 25.4. The molecule has 1 aliphatic carbocycles. The SMILES string of the molecule is Cc1cc2cnc(NC3CCN(S(=O)(=O)CC4CCCC4)CC3)nc2c(N2CC3(CCN(C(=O)OC(C)(C)C)C3)C2)n1. The summed E-state index contributed by atoms with van der Waals surface area (Å²) in [5, 5.41) is 4.42. The van der Waals surface area contributed by atoms with Crippen LogP contribution in [-0.2, 0) is 14.8 Å². The third-order valence-corrected chi connectivity index (χ3v) is 11.3. The summed E-state index contributed by atoms with van der Waals surface area (Å²) < 4.78 is 33.2. The molecule has 11 nitrogen and oxygen atoms in total. The van der Waals surface area contributed by atoms with Gasteiger partial charge < -0.3 is 19.9 Å². The number of sulfonamides is 1. The van der Waals surface area contributed by atoms with E-state index in [1.165, 1.54) is 0 Å². The molecule has 230 valence electrons. The van der Waals surface area contributed by atoms with E-state index in [0.717, 1.165) is 80.4 Å². The van der Waals surface area contributed by atoms with Crippen molar-refractivity contribution in [2.75, 3.05) is 55.2 Å². The monoisotopic (exact) mass is 599 g/mol. The Morgan fingerprint density at radius 1 is 1.07 bits per heavy atom. The van der Waals surface area contributed by atoms with Crippen molar-refractivity contribution in [1.29, 1.82) is 0 Å². The Morgan fingerprint density at radius 2 is 1.79 bits per heavy atom. The average molecular weight is 600 g/mol. The number of fused-ring (bicyclic) bond motifs is 1. The first-order valence-corrected chi connectivity index (χ1v) is 17.1. The summed E-state index contributed by atoms with van der Waals surface area (Å²) in [5.74, 6) is 2.02. The van der Waals surface area contributed by atoms with Crippen LogP contribution in [0.15, 0.2) is 12.3 Å². The lowest BCUT2D eigenvalue weighted by molar-refractivity contribution is 0.0265. The maximum Gasteiger partial charge on any atom is 0.410 e. The van der Waals surface area contributed by atoms with Crippen LogP contribution in [0.4, 0.5) is 16.6 Å². The molecule has 1 N–H and O–H groups in total. The molecule has 4 aliphatic rings. The molecule has 0 unspecified atom stereocenters. The molecule has 1 amide bonds. The fourth-order valence-electron chi connectivity index (χ4n) is 7.07. The van der Waals surface area contributed by atoms with Crippen LogP contribution in [0, 0.1) is 18.3 Å². The van der Waals surface area contributed by atoms with Crippen LogP contribution in [0.1, 0.15) is 71.4 Å². The number of likely N-dealkylation sites (tertiary alicyclic amines) is 1. The number of piperidine rings is 1. The van der Waals surface area contributed by atoms with Gasteiger partial charge in [0.2, 0.25) is 16.0 Å². The van der Waals surface area contributed by atoms with Gasteiger partial charge in [-0.15, -0.1) is 0 Å². The van der Waals surface area contributed by atoms with Gasteiger partial charge in [0.1, 0.15) is 11.1 Å². The highest BCUT2D eigenvalue weighted by atomic mass is 32.2. The molecule has 3 aliphatic heterocycles.